The molecule has 0 aliphatic rings. The number of furan rings is 1. The Labute approximate surface area is 124 Å². The van der Waals surface area contributed by atoms with E-state index < -0.39 is 0 Å². The van der Waals surface area contributed by atoms with E-state index >= 15 is 0 Å². The van der Waals surface area contributed by atoms with Crippen LogP contribution in [-0.4, -0.2) is 0 Å². The van der Waals surface area contributed by atoms with Crippen LogP contribution in [0.1, 0.15) is 26.3 Å². The number of para-hydroxylation sites is 1. The Morgan fingerprint density at radius 3 is 2.19 bits per heavy atom. The lowest BCUT2D eigenvalue weighted by Gasteiger charge is -2.21. The van der Waals surface area contributed by atoms with E-state index in [0.29, 0.717) is 0 Å². The van der Waals surface area contributed by atoms with Crippen LogP contribution >= 0.6 is 0 Å². The molecular formula is C20H18O. The quantitative estimate of drug-likeness (QED) is 0.381. The fraction of sp³-hybridized carbons (Fsp3) is 0.200. The second-order valence-electron chi connectivity index (χ2n) is 6.70. The second-order valence-corrected chi connectivity index (χ2v) is 6.70. The van der Waals surface area contributed by atoms with Gasteiger partial charge < -0.3 is 4.42 Å². The molecule has 1 nitrogen and oxygen atoms in total. The summed E-state index contributed by atoms with van der Waals surface area (Å²) in [5, 5.41) is 4.98. The average molecular weight is 274 g/mol. The summed E-state index contributed by atoms with van der Waals surface area (Å²) < 4.78 is 6.22. The molecule has 21 heavy (non-hydrogen) atoms. The third kappa shape index (κ3) is 1.77. The van der Waals surface area contributed by atoms with Gasteiger partial charge >= 0.3 is 0 Å². The lowest BCUT2D eigenvalue weighted by molar-refractivity contribution is 0.578. The maximum atomic E-state index is 6.22. The van der Waals surface area contributed by atoms with Crippen molar-refractivity contribution in [3.8, 4) is 0 Å². The van der Waals surface area contributed by atoms with Crippen molar-refractivity contribution in [2.45, 2.75) is 26.2 Å². The summed E-state index contributed by atoms with van der Waals surface area (Å²) in [5.41, 5.74) is 3.33. The van der Waals surface area contributed by atoms with Crippen LogP contribution < -0.4 is 0 Å². The van der Waals surface area contributed by atoms with Gasteiger partial charge in [0.2, 0.25) is 0 Å². The van der Waals surface area contributed by atoms with E-state index in [1.165, 1.54) is 27.1 Å². The van der Waals surface area contributed by atoms with Crippen molar-refractivity contribution in [1.82, 2.24) is 0 Å². The molecule has 104 valence electrons. The lowest BCUT2D eigenvalue weighted by Crippen LogP contribution is -2.12. The Morgan fingerprint density at radius 2 is 1.43 bits per heavy atom. The van der Waals surface area contributed by atoms with E-state index in [2.05, 4.69) is 63.2 Å². The minimum atomic E-state index is 0.0347. The number of rotatable bonds is 0. The van der Waals surface area contributed by atoms with Gasteiger partial charge in [-0.15, -0.1) is 0 Å². The van der Waals surface area contributed by atoms with Crippen molar-refractivity contribution in [3.63, 3.8) is 0 Å². The highest BCUT2D eigenvalue weighted by Crippen LogP contribution is 2.40. The van der Waals surface area contributed by atoms with Gasteiger partial charge in [0.1, 0.15) is 11.2 Å². The normalized spacial score (nSPS) is 12.5. The fourth-order valence-electron chi connectivity index (χ4n) is 3.27. The van der Waals surface area contributed by atoms with Gasteiger partial charge in [-0.25, -0.2) is 0 Å². The van der Waals surface area contributed by atoms with E-state index in [0.717, 1.165) is 11.2 Å². The van der Waals surface area contributed by atoms with E-state index in [4.69, 9.17) is 4.42 Å². The van der Waals surface area contributed by atoms with Crippen molar-refractivity contribution in [1.29, 1.82) is 0 Å². The van der Waals surface area contributed by atoms with E-state index in [-0.39, 0.29) is 5.41 Å². The first-order chi connectivity index (χ1) is 10.1. The Kier molecular flexibility index (Phi) is 2.44. The Balaban J connectivity index is 2.32. The Hall–Kier alpha value is -2.28. The van der Waals surface area contributed by atoms with Gasteiger partial charge in [0.15, 0.2) is 0 Å². The molecule has 4 aromatic rings. The zero-order valence-electron chi connectivity index (χ0n) is 12.6. The monoisotopic (exact) mass is 274 g/mol. The van der Waals surface area contributed by atoms with Gasteiger partial charge in [-0.2, -0.15) is 0 Å². The summed E-state index contributed by atoms with van der Waals surface area (Å²) in [6.45, 7) is 6.75. The highest BCUT2D eigenvalue weighted by molar-refractivity contribution is 6.12. The van der Waals surface area contributed by atoms with Crippen molar-refractivity contribution in [3.05, 3.63) is 60.2 Å². The number of hydrogen-bond acceptors (Lipinski definition) is 1. The zero-order valence-corrected chi connectivity index (χ0v) is 12.6. The predicted octanol–water partition coefficient (Wildman–Crippen LogP) is 6.04. The molecular weight excluding hydrogens is 256 g/mol. The topological polar surface area (TPSA) is 13.1 Å². The molecule has 0 saturated heterocycles. The molecule has 0 unspecified atom stereocenters. The third-order valence-corrected chi connectivity index (χ3v) is 4.14. The molecule has 0 atom stereocenters. The standard InChI is InChI=1S/C20H18O/c1-20(2,3)18-14-9-5-4-8-13(14)12-16-15-10-6-7-11-17(15)21-19(16)18/h4-12H,1-3H3. The zero-order chi connectivity index (χ0) is 14.6. The summed E-state index contributed by atoms with van der Waals surface area (Å²) in [7, 11) is 0. The van der Waals surface area contributed by atoms with Crippen LogP contribution in [0.25, 0.3) is 32.7 Å². The lowest BCUT2D eigenvalue weighted by atomic mass is 9.82. The van der Waals surface area contributed by atoms with Crippen LogP contribution in [0.15, 0.2) is 59.0 Å². The van der Waals surface area contributed by atoms with Crippen LogP contribution in [0, 0.1) is 0 Å². The van der Waals surface area contributed by atoms with Crippen molar-refractivity contribution in [2.75, 3.05) is 0 Å². The van der Waals surface area contributed by atoms with E-state index in [1.54, 1.807) is 0 Å². The van der Waals surface area contributed by atoms with Crippen LogP contribution in [0.4, 0.5) is 0 Å². The summed E-state index contributed by atoms with van der Waals surface area (Å²) in [6, 6.07) is 19.1. The van der Waals surface area contributed by atoms with Crippen LogP contribution in [0.5, 0.6) is 0 Å². The molecule has 0 aliphatic carbocycles. The summed E-state index contributed by atoms with van der Waals surface area (Å²) in [4.78, 5) is 0. The Morgan fingerprint density at radius 1 is 0.762 bits per heavy atom. The SMILES string of the molecule is CC(C)(C)c1c2ccccc2cc2c1oc1ccccc12. The molecule has 0 fully saturated rings. The van der Waals surface area contributed by atoms with Crippen molar-refractivity contribution in [2.24, 2.45) is 0 Å². The van der Waals surface area contributed by atoms with Gasteiger partial charge in [0.25, 0.3) is 0 Å². The molecule has 3 aromatic carbocycles. The molecule has 0 aliphatic heterocycles. The van der Waals surface area contributed by atoms with E-state index in [9.17, 15) is 0 Å². The van der Waals surface area contributed by atoms with E-state index in [1.807, 2.05) is 12.1 Å². The van der Waals surface area contributed by atoms with Gasteiger partial charge in [0, 0.05) is 16.3 Å². The molecule has 1 heteroatoms. The van der Waals surface area contributed by atoms with Gasteiger partial charge in [-0.05, 0) is 28.3 Å². The fourth-order valence-corrected chi connectivity index (χ4v) is 3.27. The molecule has 0 bridgehead atoms. The first kappa shape index (κ1) is 12.5. The van der Waals surface area contributed by atoms with Gasteiger partial charge in [-0.1, -0.05) is 63.2 Å². The number of fused-ring (bicyclic) bond motifs is 4. The van der Waals surface area contributed by atoms with Crippen LogP contribution in [-0.2, 0) is 5.41 Å². The Bertz CT molecular complexity index is 968. The smallest absolute Gasteiger partial charge is 0.139 e. The summed E-state index contributed by atoms with van der Waals surface area (Å²) in [6.07, 6.45) is 0. The second kappa shape index (κ2) is 4.11. The number of benzene rings is 3. The first-order valence-corrected chi connectivity index (χ1v) is 7.39. The van der Waals surface area contributed by atoms with Crippen molar-refractivity contribution >= 4 is 32.7 Å². The maximum Gasteiger partial charge on any atom is 0.139 e. The first-order valence-electron chi connectivity index (χ1n) is 7.39. The highest BCUT2D eigenvalue weighted by Gasteiger charge is 2.23. The molecule has 0 amide bonds. The summed E-state index contributed by atoms with van der Waals surface area (Å²) in [5.74, 6) is 0. The van der Waals surface area contributed by atoms with Crippen LogP contribution in [0.3, 0.4) is 0 Å². The third-order valence-electron chi connectivity index (χ3n) is 4.14. The molecule has 4 rings (SSSR count). The molecule has 1 aromatic heterocycles. The minimum Gasteiger partial charge on any atom is -0.456 e. The van der Waals surface area contributed by atoms with Crippen molar-refractivity contribution < 1.29 is 4.42 Å². The van der Waals surface area contributed by atoms with Gasteiger partial charge in [-0.3, -0.25) is 0 Å². The predicted molar refractivity (Wildman–Crippen MR) is 89.9 cm³/mol. The van der Waals surface area contributed by atoms with Crippen LogP contribution in [0.2, 0.25) is 0 Å². The molecule has 0 spiro atoms. The minimum absolute atomic E-state index is 0.0347. The highest BCUT2D eigenvalue weighted by atomic mass is 16.3. The molecule has 0 N–H and O–H groups in total. The summed E-state index contributed by atoms with van der Waals surface area (Å²) >= 11 is 0. The molecule has 0 saturated carbocycles. The average Bonchev–Trinajstić information content (AvgIpc) is 2.81. The van der Waals surface area contributed by atoms with Gasteiger partial charge in [0.05, 0.1) is 0 Å². The maximum absolute atomic E-state index is 6.22. The molecule has 0 radical (unpaired) electrons. The number of hydrogen-bond donors (Lipinski definition) is 0. The largest absolute Gasteiger partial charge is 0.456 e. The molecule has 1 heterocycles.